The number of pyridine rings is 1. The van der Waals surface area contributed by atoms with Crippen molar-refractivity contribution in [1.82, 2.24) is 14.5 Å². The average Bonchev–Trinajstić information content (AvgIpc) is 2.73. The molecule has 30 heavy (non-hydrogen) atoms. The Morgan fingerprint density at radius 3 is 2.50 bits per heavy atom. The Labute approximate surface area is 168 Å². The number of benzene rings is 2. The SMILES string of the molecule is O=C(Cn1cnc2ccc(F)cc2c1=O)Nc1ccc(Oc2ccc(F)cc2)nc1. The van der Waals surface area contributed by atoms with Crippen molar-refractivity contribution < 1.29 is 18.3 Å². The monoisotopic (exact) mass is 408 g/mol. The number of amides is 1. The molecule has 1 amide bonds. The summed E-state index contributed by atoms with van der Waals surface area (Å²) in [6, 6.07) is 12.3. The van der Waals surface area contributed by atoms with E-state index in [-0.39, 0.29) is 23.6 Å². The number of hydrogen-bond donors (Lipinski definition) is 1. The highest BCUT2D eigenvalue weighted by atomic mass is 19.1. The van der Waals surface area contributed by atoms with E-state index in [4.69, 9.17) is 4.74 Å². The van der Waals surface area contributed by atoms with Crippen LogP contribution in [0, 0.1) is 11.6 Å². The first-order valence-corrected chi connectivity index (χ1v) is 8.82. The summed E-state index contributed by atoms with van der Waals surface area (Å²) in [6.07, 6.45) is 2.62. The lowest BCUT2D eigenvalue weighted by Crippen LogP contribution is -2.28. The number of carbonyl (C=O) groups is 1. The third-order valence-corrected chi connectivity index (χ3v) is 4.16. The minimum absolute atomic E-state index is 0.0919. The molecule has 7 nitrogen and oxygen atoms in total. The van der Waals surface area contributed by atoms with E-state index < -0.39 is 17.3 Å². The van der Waals surface area contributed by atoms with Crippen molar-refractivity contribution >= 4 is 22.5 Å². The van der Waals surface area contributed by atoms with Gasteiger partial charge < -0.3 is 10.1 Å². The second kappa shape index (κ2) is 8.08. The summed E-state index contributed by atoms with van der Waals surface area (Å²) in [7, 11) is 0. The molecule has 150 valence electrons. The molecule has 0 saturated carbocycles. The van der Waals surface area contributed by atoms with Crippen molar-refractivity contribution in [2.75, 3.05) is 5.32 Å². The van der Waals surface area contributed by atoms with Gasteiger partial charge in [-0.15, -0.1) is 0 Å². The van der Waals surface area contributed by atoms with Crippen LogP contribution in [0.1, 0.15) is 0 Å². The molecule has 0 aliphatic carbocycles. The smallest absolute Gasteiger partial charge is 0.261 e. The molecule has 2 aromatic heterocycles. The minimum Gasteiger partial charge on any atom is -0.439 e. The molecular formula is C21H14F2N4O3. The van der Waals surface area contributed by atoms with Crippen LogP contribution in [-0.4, -0.2) is 20.4 Å². The Bertz CT molecular complexity index is 1270. The summed E-state index contributed by atoms with van der Waals surface area (Å²) >= 11 is 0. The number of ether oxygens (including phenoxy) is 1. The highest BCUT2D eigenvalue weighted by Crippen LogP contribution is 2.20. The molecule has 4 aromatic rings. The predicted octanol–water partition coefficient (Wildman–Crippen LogP) is 3.50. The Morgan fingerprint density at radius 1 is 1.00 bits per heavy atom. The van der Waals surface area contributed by atoms with Gasteiger partial charge in [0.2, 0.25) is 11.8 Å². The van der Waals surface area contributed by atoms with Crippen molar-refractivity contribution in [3.8, 4) is 11.6 Å². The van der Waals surface area contributed by atoms with Crippen molar-refractivity contribution in [1.29, 1.82) is 0 Å². The van der Waals surface area contributed by atoms with Crippen LogP contribution in [0.5, 0.6) is 11.6 Å². The number of nitrogens with zero attached hydrogens (tertiary/aromatic N) is 3. The lowest BCUT2D eigenvalue weighted by Gasteiger charge is -2.09. The molecule has 0 radical (unpaired) electrons. The van der Waals surface area contributed by atoms with E-state index in [0.717, 1.165) is 10.6 Å². The molecule has 9 heteroatoms. The Balaban J connectivity index is 1.43. The van der Waals surface area contributed by atoms with Gasteiger partial charge in [-0.2, -0.15) is 0 Å². The van der Waals surface area contributed by atoms with Crippen LogP contribution in [0.25, 0.3) is 10.9 Å². The number of nitrogens with one attached hydrogen (secondary N) is 1. The number of rotatable bonds is 5. The Hall–Kier alpha value is -4.14. The fraction of sp³-hybridized carbons (Fsp3) is 0.0476. The second-order valence-corrected chi connectivity index (χ2v) is 6.33. The van der Waals surface area contributed by atoms with Gasteiger partial charge in [0.25, 0.3) is 5.56 Å². The first-order chi connectivity index (χ1) is 14.5. The van der Waals surface area contributed by atoms with E-state index in [9.17, 15) is 18.4 Å². The van der Waals surface area contributed by atoms with Gasteiger partial charge in [-0.3, -0.25) is 14.2 Å². The molecular weight excluding hydrogens is 394 g/mol. The molecule has 2 aromatic carbocycles. The molecule has 0 saturated heterocycles. The standard InChI is InChI=1S/C21H14F2N4O3/c22-13-1-5-16(6-2-13)30-20-8-4-15(10-24-20)26-19(28)11-27-12-25-18-7-3-14(23)9-17(18)21(27)29/h1-10,12H,11H2,(H,26,28). The second-order valence-electron chi connectivity index (χ2n) is 6.33. The Morgan fingerprint density at radius 2 is 1.77 bits per heavy atom. The quantitative estimate of drug-likeness (QED) is 0.546. The van der Waals surface area contributed by atoms with Crippen LogP contribution in [0.15, 0.2) is 71.9 Å². The fourth-order valence-electron chi connectivity index (χ4n) is 2.74. The van der Waals surface area contributed by atoms with Crippen LogP contribution in [-0.2, 0) is 11.3 Å². The predicted molar refractivity (Wildman–Crippen MR) is 105 cm³/mol. The summed E-state index contributed by atoms with van der Waals surface area (Å²) in [5.74, 6) is -0.739. The normalized spacial score (nSPS) is 10.7. The van der Waals surface area contributed by atoms with Gasteiger partial charge in [-0.1, -0.05) is 0 Å². The van der Waals surface area contributed by atoms with Gasteiger partial charge in [0, 0.05) is 6.07 Å². The largest absolute Gasteiger partial charge is 0.439 e. The maximum Gasteiger partial charge on any atom is 0.261 e. The van der Waals surface area contributed by atoms with Gasteiger partial charge in [-0.25, -0.2) is 18.7 Å². The number of aromatic nitrogens is 3. The number of fused-ring (bicyclic) bond motifs is 1. The van der Waals surface area contributed by atoms with E-state index in [1.54, 1.807) is 6.07 Å². The lowest BCUT2D eigenvalue weighted by atomic mass is 10.2. The van der Waals surface area contributed by atoms with E-state index in [2.05, 4.69) is 15.3 Å². The van der Waals surface area contributed by atoms with Crippen LogP contribution in [0.2, 0.25) is 0 Å². The van der Waals surface area contributed by atoms with E-state index in [1.165, 1.54) is 55.0 Å². The highest BCUT2D eigenvalue weighted by Gasteiger charge is 2.10. The molecule has 0 aliphatic rings. The molecule has 0 bridgehead atoms. The van der Waals surface area contributed by atoms with Crippen molar-refractivity contribution in [2.24, 2.45) is 0 Å². The Kier molecular flexibility index (Phi) is 5.17. The molecule has 2 heterocycles. The van der Waals surface area contributed by atoms with Gasteiger partial charge in [0.1, 0.15) is 23.9 Å². The summed E-state index contributed by atoms with van der Waals surface area (Å²) in [5, 5.41) is 2.70. The molecule has 0 aliphatic heterocycles. The van der Waals surface area contributed by atoms with Gasteiger partial charge >= 0.3 is 0 Å². The van der Waals surface area contributed by atoms with E-state index in [0.29, 0.717) is 17.0 Å². The minimum atomic E-state index is -0.558. The average molecular weight is 408 g/mol. The maximum atomic E-state index is 13.4. The molecule has 0 atom stereocenters. The highest BCUT2D eigenvalue weighted by molar-refractivity contribution is 5.90. The van der Waals surface area contributed by atoms with E-state index in [1.807, 2.05) is 0 Å². The van der Waals surface area contributed by atoms with Crippen molar-refractivity contribution in [2.45, 2.75) is 6.54 Å². The number of carbonyl (C=O) groups excluding carboxylic acids is 1. The first kappa shape index (κ1) is 19.2. The molecule has 0 fully saturated rings. The van der Waals surface area contributed by atoms with Crippen LogP contribution in [0.3, 0.4) is 0 Å². The summed E-state index contributed by atoms with van der Waals surface area (Å²) in [5.41, 5.74) is 0.217. The lowest BCUT2D eigenvalue weighted by molar-refractivity contribution is -0.116. The third kappa shape index (κ3) is 4.30. The van der Waals surface area contributed by atoms with Crippen molar-refractivity contribution in [3.05, 3.63) is 89.1 Å². The van der Waals surface area contributed by atoms with Gasteiger partial charge in [0.05, 0.1) is 29.1 Å². The number of anilines is 1. The van der Waals surface area contributed by atoms with Crippen molar-refractivity contribution in [3.63, 3.8) is 0 Å². The number of halogens is 2. The molecule has 0 unspecified atom stereocenters. The van der Waals surface area contributed by atoms with Gasteiger partial charge in [-0.05, 0) is 48.5 Å². The van der Waals surface area contributed by atoms with Crippen LogP contribution in [0.4, 0.5) is 14.5 Å². The summed E-state index contributed by atoms with van der Waals surface area (Å²) in [6.45, 7) is -0.299. The van der Waals surface area contributed by atoms with Crippen LogP contribution >= 0.6 is 0 Å². The zero-order chi connectivity index (χ0) is 21.1. The topological polar surface area (TPSA) is 86.1 Å². The van der Waals surface area contributed by atoms with Gasteiger partial charge in [0.15, 0.2) is 0 Å². The fourth-order valence-corrected chi connectivity index (χ4v) is 2.74. The zero-order valence-corrected chi connectivity index (χ0v) is 15.4. The first-order valence-electron chi connectivity index (χ1n) is 8.82. The molecule has 1 N–H and O–H groups in total. The molecule has 4 rings (SSSR count). The number of hydrogen-bond acceptors (Lipinski definition) is 5. The summed E-state index contributed by atoms with van der Waals surface area (Å²) < 4.78 is 32.9. The van der Waals surface area contributed by atoms with E-state index >= 15 is 0 Å². The zero-order valence-electron chi connectivity index (χ0n) is 15.4. The maximum absolute atomic E-state index is 13.4. The molecule has 0 spiro atoms. The van der Waals surface area contributed by atoms with Crippen LogP contribution < -0.4 is 15.6 Å². The summed E-state index contributed by atoms with van der Waals surface area (Å²) in [4.78, 5) is 32.8. The third-order valence-electron chi connectivity index (χ3n) is 4.16.